The van der Waals surface area contributed by atoms with Crippen LogP contribution in [0.25, 0.3) is 0 Å². The van der Waals surface area contributed by atoms with Gasteiger partial charge in [-0.2, -0.15) is 24.9 Å². The second kappa shape index (κ2) is 4.73. The predicted molar refractivity (Wildman–Crippen MR) is 53.4 cm³/mol. The molecule has 0 amide bonds. The Morgan fingerprint density at radius 2 is 2.19 bits per heavy atom. The lowest BCUT2D eigenvalue weighted by Gasteiger charge is -2.09. The lowest BCUT2D eigenvalue weighted by molar-refractivity contribution is -0.137. The Morgan fingerprint density at radius 3 is 2.62 bits per heavy atom. The maximum Gasteiger partial charge on any atom is 0.417 e. The van der Waals surface area contributed by atoms with Gasteiger partial charge in [0.2, 0.25) is 0 Å². The summed E-state index contributed by atoms with van der Waals surface area (Å²) in [6, 6.07) is 0.826. The molecule has 0 unspecified atom stereocenters. The zero-order valence-corrected chi connectivity index (χ0v) is 9.02. The summed E-state index contributed by atoms with van der Waals surface area (Å²) in [5.41, 5.74) is -1.18. The van der Waals surface area contributed by atoms with Gasteiger partial charge in [0.1, 0.15) is 0 Å². The first-order chi connectivity index (χ1) is 7.36. The smallest absolute Gasteiger partial charge is 0.417 e. The third-order valence-electron chi connectivity index (χ3n) is 1.80. The number of pyridine rings is 1. The zero-order valence-electron chi connectivity index (χ0n) is 8.21. The minimum absolute atomic E-state index is 0.0785. The number of aromatic carboxylic acids is 1. The molecule has 0 radical (unpaired) electrons. The van der Waals surface area contributed by atoms with Crippen LogP contribution < -0.4 is 0 Å². The second-order valence-electron chi connectivity index (χ2n) is 2.97. The number of nitrogens with zero attached hydrogens (tertiary/aromatic N) is 1. The highest BCUT2D eigenvalue weighted by Crippen LogP contribution is 2.30. The fourth-order valence-corrected chi connectivity index (χ4v) is 1.65. The number of carbonyl (C=O) groups is 1. The van der Waals surface area contributed by atoms with E-state index in [1.807, 2.05) is 0 Å². The Bertz CT molecular complexity index is 406. The first-order valence-corrected chi connectivity index (χ1v) is 5.54. The molecule has 1 aromatic heterocycles. The largest absolute Gasteiger partial charge is 0.477 e. The van der Waals surface area contributed by atoms with Gasteiger partial charge < -0.3 is 5.11 Å². The van der Waals surface area contributed by atoms with Crippen molar-refractivity contribution in [2.45, 2.75) is 11.9 Å². The zero-order chi connectivity index (χ0) is 12.3. The molecular weight excluding hydrogens is 243 g/mol. The van der Waals surface area contributed by atoms with Gasteiger partial charge in [0, 0.05) is 11.9 Å². The van der Waals surface area contributed by atoms with Crippen molar-refractivity contribution in [3.05, 3.63) is 29.1 Å². The van der Waals surface area contributed by atoms with Gasteiger partial charge in [-0.25, -0.2) is 9.78 Å². The average Bonchev–Trinajstić information content (AvgIpc) is 2.16. The third kappa shape index (κ3) is 2.88. The van der Waals surface area contributed by atoms with Gasteiger partial charge in [-0.15, -0.1) is 0 Å². The fourth-order valence-electron chi connectivity index (χ4n) is 1.12. The third-order valence-corrected chi connectivity index (χ3v) is 2.40. The topological polar surface area (TPSA) is 50.2 Å². The Kier molecular flexibility index (Phi) is 3.79. The summed E-state index contributed by atoms with van der Waals surface area (Å²) in [6.07, 6.45) is -2.30. The summed E-state index contributed by atoms with van der Waals surface area (Å²) in [6.45, 7) is 0. The molecule has 1 heterocycles. The summed E-state index contributed by atoms with van der Waals surface area (Å²) < 4.78 is 37.0. The van der Waals surface area contributed by atoms with E-state index in [0.29, 0.717) is 6.20 Å². The molecule has 0 bridgehead atoms. The monoisotopic (exact) mass is 251 g/mol. The Labute approximate surface area is 93.7 Å². The van der Waals surface area contributed by atoms with Gasteiger partial charge in [-0.3, -0.25) is 0 Å². The van der Waals surface area contributed by atoms with Crippen LogP contribution in [0.4, 0.5) is 13.2 Å². The number of carboxylic acid groups (broad SMARTS) is 1. The highest BCUT2D eigenvalue weighted by Gasteiger charge is 2.32. The first kappa shape index (κ1) is 12.8. The van der Waals surface area contributed by atoms with E-state index in [2.05, 4.69) is 4.98 Å². The van der Waals surface area contributed by atoms with Crippen LogP contribution in [0.15, 0.2) is 12.3 Å². The van der Waals surface area contributed by atoms with Crippen molar-refractivity contribution in [2.75, 3.05) is 6.26 Å². The molecular formula is C9H8F3NO2S. The minimum atomic E-state index is -4.50. The summed E-state index contributed by atoms with van der Waals surface area (Å²) in [5.74, 6) is -1.14. The number of thioether (sulfide) groups is 1. The SMILES string of the molecule is CSCc1cc(C(F)(F)F)cnc1C(=O)O. The van der Waals surface area contributed by atoms with Gasteiger partial charge in [0.05, 0.1) is 5.56 Å². The van der Waals surface area contributed by atoms with Crippen LogP contribution in [0.2, 0.25) is 0 Å². The average molecular weight is 251 g/mol. The molecule has 0 spiro atoms. The first-order valence-electron chi connectivity index (χ1n) is 4.14. The molecule has 88 valence electrons. The summed E-state index contributed by atoms with van der Waals surface area (Å²) in [7, 11) is 0. The standard InChI is InChI=1S/C9H8F3NO2S/c1-16-4-5-2-6(9(10,11)12)3-13-7(5)8(14)15/h2-3H,4H2,1H3,(H,14,15). The van der Waals surface area contributed by atoms with Crippen molar-refractivity contribution in [1.29, 1.82) is 0 Å². The summed E-state index contributed by atoms with van der Waals surface area (Å²) in [4.78, 5) is 14.0. The number of hydrogen-bond acceptors (Lipinski definition) is 3. The van der Waals surface area contributed by atoms with Gasteiger partial charge in [-0.1, -0.05) is 0 Å². The lowest BCUT2D eigenvalue weighted by atomic mass is 10.1. The van der Waals surface area contributed by atoms with Crippen LogP contribution in [-0.4, -0.2) is 22.3 Å². The molecule has 16 heavy (non-hydrogen) atoms. The van der Waals surface area contributed by atoms with Crippen LogP contribution in [0.3, 0.4) is 0 Å². The number of aromatic nitrogens is 1. The number of carboxylic acids is 1. The van der Waals surface area contributed by atoms with E-state index in [9.17, 15) is 18.0 Å². The van der Waals surface area contributed by atoms with Crippen molar-refractivity contribution in [1.82, 2.24) is 4.98 Å². The van der Waals surface area contributed by atoms with Crippen LogP contribution >= 0.6 is 11.8 Å². The van der Waals surface area contributed by atoms with Gasteiger partial charge in [0.25, 0.3) is 0 Å². The molecule has 1 N–H and O–H groups in total. The molecule has 0 aliphatic rings. The van der Waals surface area contributed by atoms with E-state index >= 15 is 0 Å². The number of halogens is 3. The lowest BCUT2D eigenvalue weighted by Crippen LogP contribution is -2.11. The molecule has 0 saturated carbocycles. The van der Waals surface area contributed by atoms with Crippen molar-refractivity contribution in [3.63, 3.8) is 0 Å². The van der Waals surface area contributed by atoms with Gasteiger partial charge >= 0.3 is 12.1 Å². The summed E-state index contributed by atoms with van der Waals surface area (Å²) >= 11 is 1.23. The highest BCUT2D eigenvalue weighted by molar-refractivity contribution is 7.97. The number of hydrogen-bond donors (Lipinski definition) is 1. The fraction of sp³-hybridized carbons (Fsp3) is 0.333. The second-order valence-corrected chi connectivity index (χ2v) is 3.83. The Hall–Kier alpha value is -1.24. The molecule has 0 saturated heterocycles. The molecule has 3 nitrogen and oxygen atoms in total. The van der Waals surface area contributed by atoms with E-state index < -0.39 is 17.7 Å². The van der Waals surface area contributed by atoms with E-state index in [1.165, 1.54) is 11.8 Å². The van der Waals surface area contributed by atoms with E-state index in [4.69, 9.17) is 5.11 Å². The molecule has 0 aliphatic carbocycles. The Balaban J connectivity index is 3.22. The van der Waals surface area contributed by atoms with Gasteiger partial charge in [0.15, 0.2) is 5.69 Å². The van der Waals surface area contributed by atoms with Crippen LogP contribution in [-0.2, 0) is 11.9 Å². The molecule has 7 heteroatoms. The van der Waals surface area contributed by atoms with Crippen molar-refractivity contribution < 1.29 is 23.1 Å². The summed E-state index contributed by atoms with van der Waals surface area (Å²) in [5, 5.41) is 8.73. The van der Waals surface area contributed by atoms with E-state index in [0.717, 1.165) is 6.07 Å². The maximum atomic E-state index is 12.3. The predicted octanol–water partition coefficient (Wildman–Crippen LogP) is 2.66. The molecule has 0 aromatic carbocycles. The van der Waals surface area contributed by atoms with Crippen molar-refractivity contribution >= 4 is 17.7 Å². The molecule has 1 aromatic rings. The highest BCUT2D eigenvalue weighted by atomic mass is 32.2. The number of alkyl halides is 3. The van der Waals surface area contributed by atoms with Crippen LogP contribution in [0.1, 0.15) is 21.6 Å². The minimum Gasteiger partial charge on any atom is -0.477 e. The van der Waals surface area contributed by atoms with Crippen LogP contribution in [0.5, 0.6) is 0 Å². The van der Waals surface area contributed by atoms with Crippen molar-refractivity contribution in [2.24, 2.45) is 0 Å². The molecule has 1 rings (SSSR count). The normalized spacial score (nSPS) is 11.5. The van der Waals surface area contributed by atoms with E-state index in [-0.39, 0.29) is 17.0 Å². The Morgan fingerprint density at radius 1 is 1.56 bits per heavy atom. The quantitative estimate of drug-likeness (QED) is 0.897. The van der Waals surface area contributed by atoms with E-state index in [1.54, 1.807) is 6.26 Å². The molecule has 0 atom stereocenters. The maximum absolute atomic E-state index is 12.3. The van der Waals surface area contributed by atoms with Gasteiger partial charge in [-0.05, 0) is 17.9 Å². The van der Waals surface area contributed by atoms with Crippen molar-refractivity contribution in [3.8, 4) is 0 Å². The molecule has 0 fully saturated rings. The number of rotatable bonds is 3. The van der Waals surface area contributed by atoms with Crippen LogP contribution in [0, 0.1) is 0 Å². The molecule has 0 aliphatic heterocycles.